The Bertz CT molecular complexity index is 356. The van der Waals surface area contributed by atoms with Gasteiger partial charge in [0.05, 0.1) is 12.7 Å². The van der Waals surface area contributed by atoms with Crippen LogP contribution in [0.25, 0.3) is 0 Å². The lowest BCUT2D eigenvalue weighted by atomic mass is 10.0. The number of anilines is 1. The summed E-state index contributed by atoms with van der Waals surface area (Å²) < 4.78 is 0. The lowest BCUT2D eigenvalue weighted by Crippen LogP contribution is -2.32. The Morgan fingerprint density at radius 2 is 2.62 bits per heavy atom. The molecular formula is C10H17N5O. The monoisotopic (exact) mass is 223 g/mol. The van der Waals surface area contributed by atoms with Crippen LogP contribution in [0.3, 0.4) is 0 Å². The molecule has 1 aromatic rings. The highest BCUT2D eigenvalue weighted by molar-refractivity contribution is 5.87. The van der Waals surface area contributed by atoms with Crippen molar-refractivity contribution in [3.8, 4) is 0 Å². The van der Waals surface area contributed by atoms with Crippen LogP contribution in [0.4, 0.5) is 5.82 Å². The van der Waals surface area contributed by atoms with Crippen molar-refractivity contribution >= 4 is 11.7 Å². The van der Waals surface area contributed by atoms with E-state index in [9.17, 15) is 4.79 Å². The molecular weight excluding hydrogens is 206 g/mol. The number of hydrogen-bond donors (Lipinski definition) is 2. The molecule has 1 atom stereocenters. The van der Waals surface area contributed by atoms with Crippen LogP contribution in [0.15, 0.2) is 6.20 Å². The van der Waals surface area contributed by atoms with E-state index in [1.54, 1.807) is 11.0 Å². The van der Waals surface area contributed by atoms with Gasteiger partial charge in [0.25, 0.3) is 0 Å². The number of hydrogen-bond acceptors (Lipinski definition) is 4. The fourth-order valence-corrected chi connectivity index (χ4v) is 1.93. The zero-order valence-corrected chi connectivity index (χ0v) is 9.44. The number of nitrogens with zero attached hydrogens (tertiary/aromatic N) is 3. The Kier molecular flexibility index (Phi) is 3.51. The first-order valence-electron chi connectivity index (χ1n) is 5.62. The number of nitrogens with one attached hydrogen (secondary N) is 2. The van der Waals surface area contributed by atoms with E-state index in [-0.39, 0.29) is 5.91 Å². The molecule has 1 amide bonds. The highest BCUT2D eigenvalue weighted by Gasteiger charge is 2.14. The van der Waals surface area contributed by atoms with Crippen LogP contribution in [0.2, 0.25) is 0 Å². The Hall–Kier alpha value is -1.43. The predicted octanol–water partition coefficient (Wildman–Crippen LogP) is 0.236. The largest absolute Gasteiger partial charge is 0.316 e. The highest BCUT2D eigenvalue weighted by atomic mass is 16.1. The van der Waals surface area contributed by atoms with E-state index < -0.39 is 0 Å². The van der Waals surface area contributed by atoms with E-state index in [1.165, 1.54) is 19.8 Å². The molecule has 0 saturated carbocycles. The Morgan fingerprint density at radius 3 is 3.31 bits per heavy atom. The number of piperidine rings is 1. The van der Waals surface area contributed by atoms with Crippen molar-refractivity contribution in [3.05, 3.63) is 6.20 Å². The summed E-state index contributed by atoms with van der Waals surface area (Å²) in [5.74, 6) is 0.994. The second-order valence-corrected chi connectivity index (χ2v) is 4.18. The lowest BCUT2D eigenvalue weighted by molar-refractivity contribution is -0.114. The third-order valence-corrected chi connectivity index (χ3v) is 2.66. The molecule has 1 unspecified atom stereocenters. The Morgan fingerprint density at radius 1 is 1.75 bits per heavy atom. The molecule has 0 spiro atoms. The van der Waals surface area contributed by atoms with Crippen molar-refractivity contribution < 1.29 is 4.79 Å². The molecule has 88 valence electrons. The van der Waals surface area contributed by atoms with Crippen LogP contribution >= 0.6 is 0 Å². The maximum Gasteiger partial charge on any atom is 0.222 e. The summed E-state index contributed by atoms with van der Waals surface area (Å²) in [4.78, 5) is 12.5. The summed E-state index contributed by atoms with van der Waals surface area (Å²) in [6.07, 6.45) is 4.01. The summed E-state index contributed by atoms with van der Waals surface area (Å²) in [7, 11) is 0. The smallest absolute Gasteiger partial charge is 0.222 e. The van der Waals surface area contributed by atoms with Gasteiger partial charge in [0.2, 0.25) is 5.91 Å². The van der Waals surface area contributed by atoms with E-state index in [0.29, 0.717) is 11.7 Å². The molecule has 0 bridgehead atoms. The molecule has 2 heterocycles. The van der Waals surface area contributed by atoms with Crippen LogP contribution in [0.5, 0.6) is 0 Å². The minimum atomic E-state index is -0.119. The normalized spacial score (nSPS) is 20.7. The zero-order chi connectivity index (χ0) is 11.4. The Balaban J connectivity index is 1.88. The van der Waals surface area contributed by atoms with Gasteiger partial charge >= 0.3 is 0 Å². The lowest BCUT2D eigenvalue weighted by Gasteiger charge is -2.21. The maximum absolute atomic E-state index is 10.8. The quantitative estimate of drug-likeness (QED) is 0.769. The van der Waals surface area contributed by atoms with Crippen LogP contribution in [0.1, 0.15) is 19.8 Å². The second-order valence-electron chi connectivity index (χ2n) is 4.18. The summed E-state index contributed by atoms with van der Waals surface area (Å²) in [6.45, 7) is 4.41. The third kappa shape index (κ3) is 3.03. The predicted molar refractivity (Wildman–Crippen MR) is 59.9 cm³/mol. The molecule has 0 radical (unpaired) electrons. The van der Waals surface area contributed by atoms with Crippen molar-refractivity contribution in [2.75, 3.05) is 18.4 Å². The topological polar surface area (TPSA) is 71.8 Å². The first-order valence-corrected chi connectivity index (χ1v) is 5.62. The number of carbonyl (C=O) groups excluding carboxylic acids is 1. The molecule has 2 N–H and O–H groups in total. The van der Waals surface area contributed by atoms with Crippen molar-refractivity contribution in [3.63, 3.8) is 0 Å². The van der Waals surface area contributed by atoms with Gasteiger partial charge in [-0.3, -0.25) is 4.79 Å². The molecule has 6 nitrogen and oxygen atoms in total. The first kappa shape index (κ1) is 11.1. The van der Waals surface area contributed by atoms with Gasteiger partial charge < -0.3 is 10.6 Å². The SMILES string of the molecule is CC(=O)Nc1cnn(CC2CCCNC2)n1. The minimum absolute atomic E-state index is 0.119. The van der Waals surface area contributed by atoms with Gasteiger partial charge in [0.15, 0.2) is 5.82 Å². The number of amides is 1. The van der Waals surface area contributed by atoms with Gasteiger partial charge in [0.1, 0.15) is 0 Å². The summed E-state index contributed by atoms with van der Waals surface area (Å²) >= 11 is 0. The molecule has 2 rings (SSSR count). The van der Waals surface area contributed by atoms with E-state index >= 15 is 0 Å². The number of rotatable bonds is 3. The van der Waals surface area contributed by atoms with Crippen LogP contribution in [-0.4, -0.2) is 34.0 Å². The van der Waals surface area contributed by atoms with E-state index in [4.69, 9.17) is 0 Å². The van der Waals surface area contributed by atoms with Crippen molar-refractivity contribution in [2.24, 2.45) is 5.92 Å². The zero-order valence-electron chi connectivity index (χ0n) is 9.44. The van der Waals surface area contributed by atoms with Gasteiger partial charge in [-0.1, -0.05) is 0 Å². The molecule has 1 fully saturated rings. The van der Waals surface area contributed by atoms with Gasteiger partial charge in [-0.05, 0) is 31.8 Å². The summed E-state index contributed by atoms with van der Waals surface area (Å²) in [5.41, 5.74) is 0. The van der Waals surface area contributed by atoms with Gasteiger partial charge in [0, 0.05) is 6.92 Å². The standard InChI is InChI=1S/C10H17N5O/c1-8(16)13-10-6-12-15(14-10)7-9-3-2-4-11-5-9/h6,9,11H,2-5,7H2,1H3,(H,13,14,16). The number of aromatic nitrogens is 3. The molecule has 16 heavy (non-hydrogen) atoms. The van der Waals surface area contributed by atoms with E-state index in [1.807, 2.05) is 0 Å². The molecule has 0 aliphatic carbocycles. The second kappa shape index (κ2) is 5.07. The summed E-state index contributed by atoms with van der Waals surface area (Å²) in [6, 6.07) is 0. The molecule has 1 aliphatic heterocycles. The first-order chi connectivity index (χ1) is 7.74. The molecule has 1 aliphatic rings. The van der Waals surface area contributed by atoms with E-state index in [2.05, 4.69) is 20.8 Å². The van der Waals surface area contributed by atoms with Crippen molar-refractivity contribution in [1.29, 1.82) is 0 Å². The molecule has 0 aromatic carbocycles. The van der Waals surface area contributed by atoms with Crippen LogP contribution in [-0.2, 0) is 11.3 Å². The minimum Gasteiger partial charge on any atom is -0.316 e. The summed E-state index contributed by atoms with van der Waals surface area (Å²) in [5, 5.41) is 14.3. The fourth-order valence-electron chi connectivity index (χ4n) is 1.93. The van der Waals surface area contributed by atoms with Gasteiger partial charge in [-0.2, -0.15) is 9.90 Å². The van der Waals surface area contributed by atoms with Crippen molar-refractivity contribution in [1.82, 2.24) is 20.3 Å². The van der Waals surface area contributed by atoms with E-state index in [0.717, 1.165) is 19.6 Å². The Labute approximate surface area is 94.4 Å². The molecule has 6 heteroatoms. The van der Waals surface area contributed by atoms with Gasteiger partial charge in [-0.15, -0.1) is 5.10 Å². The number of carbonyl (C=O) groups is 1. The van der Waals surface area contributed by atoms with Crippen molar-refractivity contribution in [2.45, 2.75) is 26.3 Å². The molecule has 1 saturated heterocycles. The average molecular weight is 223 g/mol. The van der Waals surface area contributed by atoms with Crippen LogP contribution in [0, 0.1) is 5.92 Å². The van der Waals surface area contributed by atoms with Crippen LogP contribution < -0.4 is 10.6 Å². The average Bonchev–Trinajstić information content (AvgIpc) is 2.66. The molecule has 1 aromatic heterocycles. The third-order valence-electron chi connectivity index (χ3n) is 2.66. The fraction of sp³-hybridized carbons (Fsp3) is 0.700. The van der Waals surface area contributed by atoms with Gasteiger partial charge in [-0.25, -0.2) is 0 Å². The highest BCUT2D eigenvalue weighted by Crippen LogP contribution is 2.12. The maximum atomic E-state index is 10.8.